The summed E-state index contributed by atoms with van der Waals surface area (Å²) in [5, 5.41) is 0. The molecule has 2 heteroatoms. The van der Waals surface area contributed by atoms with Gasteiger partial charge in [0, 0.05) is 17.9 Å². The van der Waals surface area contributed by atoms with E-state index in [9.17, 15) is 0 Å². The molecule has 5 atom stereocenters. The highest BCUT2D eigenvalue weighted by Crippen LogP contribution is 2.58. The number of halogens is 1. The summed E-state index contributed by atoms with van der Waals surface area (Å²) in [6.45, 7) is 3.17. The Labute approximate surface area is 97.5 Å². The van der Waals surface area contributed by atoms with Gasteiger partial charge in [-0.1, -0.05) is 6.42 Å². The number of ether oxygens (including phenoxy) is 1. The van der Waals surface area contributed by atoms with Crippen molar-refractivity contribution in [2.24, 2.45) is 23.2 Å². The van der Waals surface area contributed by atoms with E-state index in [4.69, 9.17) is 16.3 Å². The van der Waals surface area contributed by atoms with Crippen LogP contribution >= 0.6 is 11.6 Å². The molecule has 2 saturated carbocycles. The van der Waals surface area contributed by atoms with Crippen LogP contribution in [0.1, 0.15) is 39.0 Å². The van der Waals surface area contributed by atoms with Crippen molar-refractivity contribution in [2.75, 3.05) is 12.5 Å². The molecule has 1 heterocycles. The Morgan fingerprint density at radius 1 is 1.33 bits per heavy atom. The minimum absolute atomic E-state index is 0.321. The lowest BCUT2D eigenvalue weighted by Gasteiger charge is -2.41. The third-order valence-corrected chi connectivity index (χ3v) is 5.97. The molecular formula is C13H21ClO. The van der Waals surface area contributed by atoms with Gasteiger partial charge in [0.25, 0.3) is 0 Å². The second kappa shape index (κ2) is 3.63. The van der Waals surface area contributed by atoms with E-state index in [2.05, 4.69) is 6.92 Å². The van der Waals surface area contributed by atoms with Crippen molar-refractivity contribution in [3.63, 3.8) is 0 Å². The molecule has 3 aliphatic rings. The maximum Gasteiger partial charge on any atom is 0.0618 e. The first-order chi connectivity index (χ1) is 7.26. The zero-order valence-corrected chi connectivity index (χ0v) is 10.3. The molecule has 0 spiro atoms. The van der Waals surface area contributed by atoms with Gasteiger partial charge >= 0.3 is 0 Å². The van der Waals surface area contributed by atoms with E-state index < -0.39 is 0 Å². The van der Waals surface area contributed by atoms with Gasteiger partial charge in [0.1, 0.15) is 0 Å². The quantitative estimate of drug-likeness (QED) is 0.658. The Kier molecular flexibility index (Phi) is 2.52. The van der Waals surface area contributed by atoms with Crippen LogP contribution in [0, 0.1) is 23.2 Å². The van der Waals surface area contributed by atoms with Gasteiger partial charge in [-0.3, -0.25) is 0 Å². The molecule has 2 aliphatic carbocycles. The van der Waals surface area contributed by atoms with Crippen molar-refractivity contribution in [3.05, 3.63) is 0 Å². The molecule has 1 aliphatic heterocycles. The first-order valence-electron chi connectivity index (χ1n) is 6.44. The lowest BCUT2D eigenvalue weighted by molar-refractivity contribution is 0.0227. The summed E-state index contributed by atoms with van der Waals surface area (Å²) in [4.78, 5) is 0. The summed E-state index contributed by atoms with van der Waals surface area (Å²) >= 11 is 6.30. The Bertz CT molecular complexity index is 255. The summed E-state index contributed by atoms with van der Waals surface area (Å²) < 4.78 is 5.80. The van der Waals surface area contributed by atoms with Crippen molar-refractivity contribution in [1.29, 1.82) is 0 Å². The van der Waals surface area contributed by atoms with E-state index in [-0.39, 0.29) is 0 Å². The number of fused-ring (bicyclic) bond motifs is 2. The topological polar surface area (TPSA) is 9.23 Å². The molecule has 0 radical (unpaired) electrons. The van der Waals surface area contributed by atoms with E-state index >= 15 is 0 Å². The lowest BCUT2D eigenvalue weighted by Crippen LogP contribution is -2.41. The molecule has 0 aromatic rings. The maximum absolute atomic E-state index is 6.30. The average molecular weight is 229 g/mol. The van der Waals surface area contributed by atoms with Crippen LogP contribution in [0.25, 0.3) is 0 Å². The van der Waals surface area contributed by atoms with Crippen molar-refractivity contribution in [1.82, 2.24) is 0 Å². The van der Waals surface area contributed by atoms with Gasteiger partial charge in [-0.25, -0.2) is 0 Å². The molecule has 1 saturated heterocycles. The molecule has 0 aromatic heterocycles. The van der Waals surface area contributed by atoms with E-state index in [1.54, 1.807) is 0 Å². The van der Waals surface area contributed by atoms with Crippen LogP contribution in [-0.4, -0.2) is 18.6 Å². The monoisotopic (exact) mass is 228 g/mol. The van der Waals surface area contributed by atoms with Gasteiger partial charge in [-0.2, -0.15) is 0 Å². The van der Waals surface area contributed by atoms with Crippen LogP contribution in [0.2, 0.25) is 0 Å². The number of rotatable bonds is 2. The van der Waals surface area contributed by atoms with Crippen LogP contribution in [-0.2, 0) is 4.74 Å². The Morgan fingerprint density at radius 3 is 2.67 bits per heavy atom. The molecule has 1 nitrogen and oxygen atoms in total. The molecule has 2 bridgehead atoms. The third-order valence-electron chi connectivity index (χ3n) is 5.47. The fraction of sp³-hybridized carbons (Fsp3) is 1.00. The molecule has 0 N–H and O–H groups in total. The van der Waals surface area contributed by atoms with Crippen molar-refractivity contribution < 1.29 is 4.74 Å². The fourth-order valence-corrected chi connectivity index (χ4v) is 5.05. The number of hydrogen-bond donors (Lipinski definition) is 0. The van der Waals surface area contributed by atoms with Crippen molar-refractivity contribution in [3.8, 4) is 0 Å². The van der Waals surface area contributed by atoms with Crippen molar-refractivity contribution >= 4 is 11.6 Å². The largest absolute Gasteiger partial charge is 0.378 e. The Morgan fingerprint density at radius 2 is 2.20 bits per heavy atom. The van der Waals surface area contributed by atoms with Crippen LogP contribution in [0.4, 0.5) is 0 Å². The van der Waals surface area contributed by atoms with Gasteiger partial charge in [0.2, 0.25) is 0 Å². The standard InChI is InChI=1S/C13H21ClO/c1-9-13(8-14,4-5-15-9)12-7-10-2-3-11(12)6-10/h9-12H,2-8H2,1H3. The van der Waals surface area contributed by atoms with Crippen LogP contribution in [0.15, 0.2) is 0 Å². The van der Waals surface area contributed by atoms with E-state index in [1.165, 1.54) is 32.1 Å². The summed E-state index contributed by atoms with van der Waals surface area (Å²) in [6, 6.07) is 0. The highest BCUT2D eigenvalue weighted by atomic mass is 35.5. The smallest absolute Gasteiger partial charge is 0.0618 e. The molecule has 3 fully saturated rings. The van der Waals surface area contributed by atoms with E-state index in [0.29, 0.717) is 11.5 Å². The number of alkyl halides is 1. The Balaban J connectivity index is 1.84. The number of hydrogen-bond acceptors (Lipinski definition) is 1. The zero-order chi connectivity index (χ0) is 10.5. The predicted octanol–water partition coefficient (Wildman–Crippen LogP) is 3.46. The predicted molar refractivity (Wildman–Crippen MR) is 62.1 cm³/mol. The van der Waals surface area contributed by atoms with Crippen LogP contribution < -0.4 is 0 Å². The minimum Gasteiger partial charge on any atom is -0.378 e. The molecule has 5 unspecified atom stereocenters. The molecule has 3 rings (SSSR count). The third kappa shape index (κ3) is 1.39. The average Bonchev–Trinajstić information content (AvgIpc) is 2.91. The highest BCUT2D eigenvalue weighted by Gasteiger charge is 2.54. The van der Waals surface area contributed by atoms with E-state index in [1.807, 2.05) is 0 Å². The van der Waals surface area contributed by atoms with Gasteiger partial charge in [0.15, 0.2) is 0 Å². The first kappa shape index (κ1) is 10.4. The Hall–Kier alpha value is 0.250. The van der Waals surface area contributed by atoms with Gasteiger partial charge in [0.05, 0.1) is 6.10 Å². The molecule has 0 aromatic carbocycles. The summed E-state index contributed by atoms with van der Waals surface area (Å²) in [6.07, 6.45) is 7.45. The fourth-order valence-electron chi connectivity index (χ4n) is 4.51. The van der Waals surface area contributed by atoms with Crippen molar-refractivity contribution in [2.45, 2.75) is 45.1 Å². The first-order valence-corrected chi connectivity index (χ1v) is 6.97. The SMILES string of the molecule is CC1OCCC1(CCl)C1CC2CCC1C2. The van der Waals surface area contributed by atoms with Gasteiger partial charge in [-0.15, -0.1) is 11.6 Å². The van der Waals surface area contributed by atoms with Gasteiger partial charge in [-0.05, 0) is 50.4 Å². The summed E-state index contributed by atoms with van der Waals surface area (Å²) in [7, 11) is 0. The molecule has 15 heavy (non-hydrogen) atoms. The maximum atomic E-state index is 6.30. The second-order valence-electron chi connectivity index (χ2n) is 5.91. The van der Waals surface area contributed by atoms with Crippen LogP contribution in [0.5, 0.6) is 0 Å². The minimum atomic E-state index is 0.321. The molecular weight excluding hydrogens is 208 g/mol. The lowest BCUT2D eigenvalue weighted by atomic mass is 9.66. The summed E-state index contributed by atoms with van der Waals surface area (Å²) in [5.41, 5.74) is 0.321. The second-order valence-corrected chi connectivity index (χ2v) is 6.18. The highest BCUT2D eigenvalue weighted by molar-refractivity contribution is 6.18. The normalized spacial score (nSPS) is 54.0. The summed E-state index contributed by atoms with van der Waals surface area (Å²) in [5.74, 6) is 3.67. The molecule has 86 valence electrons. The van der Waals surface area contributed by atoms with Gasteiger partial charge < -0.3 is 4.74 Å². The molecule has 0 amide bonds. The zero-order valence-electron chi connectivity index (χ0n) is 9.55. The van der Waals surface area contributed by atoms with Crippen LogP contribution in [0.3, 0.4) is 0 Å². The van der Waals surface area contributed by atoms with E-state index in [0.717, 1.165) is 30.2 Å².